The fourth-order valence-corrected chi connectivity index (χ4v) is 4.83. The predicted octanol–water partition coefficient (Wildman–Crippen LogP) is 2.54. The number of nitrogens with one attached hydrogen (secondary N) is 1. The van der Waals surface area contributed by atoms with Gasteiger partial charge in [-0.2, -0.15) is 0 Å². The van der Waals surface area contributed by atoms with Gasteiger partial charge in [-0.25, -0.2) is 9.97 Å². The van der Waals surface area contributed by atoms with Crippen molar-refractivity contribution in [2.24, 2.45) is 0 Å². The number of H-pyrrole nitrogens is 1. The molecular weight excluding hydrogens is 386 g/mol. The third kappa shape index (κ3) is 3.36. The number of fused-ring (bicyclic) bond motifs is 1. The smallest absolute Gasteiger partial charge is 0.254 e. The molecule has 1 aliphatic heterocycles. The second-order valence-corrected chi connectivity index (χ2v) is 8.80. The zero-order valence-electron chi connectivity index (χ0n) is 16.0. The minimum absolute atomic E-state index is 0.0901. The van der Waals surface area contributed by atoms with E-state index in [1.807, 2.05) is 36.5 Å². The molecule has 7 nitrogen and oxygen atoms in total. The lowest BCUT2D eigenvalue weighted by molar-refractivity contribution is 0.0624. The highest BCUT2D eigenvalue weighted by atomic mass is 32.2. The largest absolute Gasteiger partial charge is 0.396 e. The van der Waals surface area contributed by atoms with Crippen molar-refractivity contribution >= 4 is 34.5 Å². The first-order valence-corrected chi connectivity index (χ1v) is 10.9. The van der Waals surface area contributed by atoms with E-state index in [0.717, 1.165) is 53.2 Å². The van der Waals surface area contributed by atoms with Gasteiger partial charge in [-0.1, -0.05) is 0 Å². The number of anilines is 1. The fraction of sp³-hybridized carbons (Fsp3) is 0.381. The lowest BCUT2D eigenvalue weighted by Gasteiger charge is -2.43. The van der Waals surface area contributed by atoms with Crippen LogP contribution in [0.4, 0.5) is 5.82 Å². The highest BCUT2D eigenvalue weighted by molar-refractivity contribution is 7.99. The van der Waals surface area contributed by atoms with Crippen LogP contribution in [0.5, 0.6) is 0 Å². The van der Waals surface area contributed by atoms with E-state index < -0.39 is 0 Å². The van der Waals surface area contributed by atoms with Crippen LogP contribution in [-0.2, 0) is 0 Å². The Morgan fingerprint density at radius 3 is 2.76 bits per heavy atom. The van der Waals surface area contributed by atoms with Gasteiger partial charge >= 0.3 is 0 Å². The summed E-state index contributed by atoms with van der Waals surface area (Å²) in [5.74, 6) is 1.71. The number of piperazine rings is 1. The van der Waals surface area contributed by atoms with Gasteiger partial charge in [-0.05, 0) is 43.2 Å². The Hall–Kier alpha value is -2.58. The van der Waals surface area contributed by atoms with Crippen molar-refractivity contribution in [1.82, 2.24) is 19.9 Å². The number of thioether (sulfide) groups is 1. The first kappa shape index (κ1) is 18.4. The summed E-state index contributed by atoms with van der Waals surface area (Å²) in [6.45, 7) is 2.41. The number of carbonyl (C=O) groups is 1. The van der Waals surface area contributed by atoms with Crippen molar-refractivity contribution in [3.8, 4) is 0 Å². The molecule has 8 heteroatoms. The lowest BCUT2D eigenvalue weighted by Crippen LogP contribution is -2.57. The minimum atomic E-state index is -0.0901. The molecule has 0 radical (unpaired) electrons. The van der Waals surface area contributed by atoms with Crippen LogP contribution >= 0.6 is 11.8 Å². The first-order chi connectivity index (χ1) is 14.2. The molecule has 2 aromatic heterocycles. The van der Waals surface area contributed by atoms with Gasteiger partial charge in [-0.3, -0.25) is 4.79 Å². The molecule has 1 saturated heterocycles. The Labute approximate surface area is 173 Å². The number of rotatable bonds is 5. The molecule has 0 unspecified atom stereocenters. The van der Waals surface area contributed by atoms with Crippen LogP contribution in [0.15, 0.2) is 47.8 Å². The molecule has 2 fully saturated rings. The Bertz CT molecular complexity index is 1030. The van der Waals surface area contributed by atoms with Gasteiger partial charge in [-0.15, -0.1) is 11.8 Å². The van der Waals surface area contributed by atoms with Gasteiger partial charge in [0.1, 0.15) is 17.8 Å². The van der Waals surface area contributed by atoms with Crippen LogP contribution < -0.4 is 4.90 Å². The van der Waals surface area contributed by atoms with E-state index in [2.05, 4.69) is 24.8 Å². The van der Waals surface area contributed by atoms with Crippen LogP contribution in [0.1, 0.15) is 23.2 Å². The van der Waals surface area contributed by atoms with Crippen molar-refractivity contribution in [2.75, 3.05) is 36.9 Å². The minimum Gasteiger partial charge on any atom is -0.396 e. The molecule has 2 N–H and O–H groups in total. The Morgan fingerprint density at radius 1 is 1.17 bits per heavy atom. The molecule has 3 aromatic rings. The summed E-state index contributed by atoms with van der Waals surface area (Å²) in [5.41, 5.74) is 1.48. The maximum atomic E-state index is 13.2. The van der Waals surface area contributed by atoms with Crippen LogP contribution in [0, 0.1) is 0 Å². The van der Waals surface area contributed by atoms with E-state index in [1.165, 1.54) is 0 Å². The lowest BCUT2D eigenvalue weighted by atomic mass is 10.1. The van der Waals surface area contributed by atoms with E-state index >= 15 is 0 Å². The number of benzene rings is 1. The van der Waals surface area contributed by atoms with E-state index in [1.54, 1.807) is 18.1 Å². The second-order valence-electron chi connectivity index (χ2n) is 7.64. The highest BCUT2D eigenvalue weighted by Crippen LogP contribution is 2.46. The molecule has 1 aliphatic carbocycles. The standard InChI is InChI=1S/C21H23N5O2S/c27-11-12-29-16-3-1-15(2-4-16)20(28)26-10-9-25(13-21(26)6-7-21)19-17-5-8-22-18(17)23-14-24-19/h1-5,8,14,27H,6-7,9-13H2,(H,22,23,24). The van der Waals surface area contributed by atoms with E-state index in [4.69, 9.17) is 5.11 Å². The molecular formula is C21H23N5O2S. The molecule has 5 rings (SSSR count). The number of aromatic nitrogens is 3. The SMILES string of the molecule is O=C(c1ccc(SCCO)cc1)N1CCN(c2ncnc3[nH]ccc23)CC12CC2. The molecule has 0 bridgehead atoms. The number of carbonyl (C=O) groups excluding carboxylic acids is 1. The monoisotopic (exact) mass is 409 g/mol. The molecule has 1 aromatic carbocycles. The zero-order valence-corrected chi connectivity index (χ0v) is 16.9. The number of amides is 1. The predicted molar refractivity (Wildman–Crippen MR) is 113 cm³/mol. The normalized spacial score (nSPS) is 17.8. The van der Waals surface area contributed by atoms with Gasteiger partial charge in [0.15, 0.2) is 0 Å². The molecule has 2 aliphatic rings. The molecule has 3 heterocycles. The number of aromatic amines is 1. The quantitative estimate of drug-likeness (QED) is 0.630. The molecule has 1 saturated carbocycles. The number of nitrogens with zero attached hydrogens (tertiary/aromatic N) is 4. The van der Waals surface area contributed by atoms with Crippen molar-refractivity contribution in [3.05, 3.63) is 48.4 Å². The zero-order chi connectivity index (χ0) is 19.8. The Kier molecular flexibility index (Phi) is 4.67. The molecule has 0 atom stereocenters. The summed E-state index contributed by atoms with van der Waals surface area (Å²) in [4.78, 5) is 30.6. The van der Waals surface area contributed by atoms with Crippen LogP contribution in [-0.4, -0.2) is 68.4 Å². The van der Waals surface area contributed by atoms with Crippen molar-refractivity contribution in [1.29, 1.82) is 0 Å². The maximum absolute atomic E-state index is 13.2. The number of hydrogen-bond acceptors (Lipinski definition) is 6. The van der Waals surface area contributed by atoms with Gasteiger partial charge in [0, 0.05) is 42.0 Å². The number of aliphatic hydroxyl groups is 1. The van der Waals surface area contributed by atoms with Crippen molar-refractivity contribution in [3.63, 3.8) is 0 Å². The van der Waals surface area contributed by atoms with Gasteiger partial charge in [0.2, 0.25) is 0 Å². The average Bonchev–Trinajstić information content (AvgIpc) is 3.33. The van der Waals surface area contributed by atoms with Crippen LogP contribution in [0.3, 0.4) is 0 Å². The van der Waals surface area contributed by atoms with E-state index in [-0.39, 0.29) is 18.1 Å². The maximum Gasteiger partial charge on any atom is 0.254 e. The molecule has 150 valence electrons. The van der Waals surface area contributed by atoms with Gasteiger partial charge < -0.3 is 19.9 Å². The van der Waals surface area contributed by atoms with E-state index in [9.17, 15) is 4.79 Å². The molecule has 1 spiro atoms. The Morgan fingerprint density at radius 2 is 2.00 bits per heavy atom. The average molecular weight is 410 g/mol. The first-order valence-electron chi connectivity index (χ1n) is 9.89. The highest BCUT2D eigenvalue weighted by Gasteiger charge is 2.53. The van der Waals surface area contributed by atoms with Crippen molar-refractivity contribution < 1.29 is 9.90 Å². The summed E-state index contributed by atoms with van der Waals surface area (Å²) in [5, 5.41) is 9.99. The summed E-state index contributed by atoms with van der Waals surface area (Å²) < 4.78 is 0. The summed E-state index contributed by atoms with van der Waals surface area (Å²) in [6, 6.07) is 9.74. The fourth-order valence-electron chi connectivity index (χ4n) is 4.17. The van der Waals surface area contributed by atoms with Gasteiger partial charge in [0.25, 0.3) is 5.91 Å². The third-order valence-electron chi connectivity index (χ3n) is 5.82. The van der Waals surface area contributed by atoms with Crippen LogP contribution in [0.25, 0.3) is 11.0 Å². The number of hydrogen-bond donors (Lipinski definition) is 2. The third-order valence-corrected chi connectivity index (χ3v) is 6.81. The molecule has 29 heavy (non-hydrogen) atoms. The second kappa shape index (κ2) is 7.35. The van der Waals surface area contributed by atoms with Crippen molar-refractivity contribution in [2.45, 2.75) is 23.3 Å². The van der Waals surface area contributed by atoms with Crippen LogP contribution in [0.2, 0.25) is 0 Å². The van der Waals surface area contributed by atoms with E-state index in [0.29, 0.717) is 12.3 Å². The van der Waals surface area contributed by atoms with Gasteiger partial charge in [0.05, 0.1) is 17.5 Å². The Balaban J connectivity index is 1.33. The summed E-state index contributed by atoms with van der Waals surface area (Å²) in [6.07, 6.45) is 5.54. The topological polar surface area (TPSA) is 85.3 Å². The summed E-state index contributed by atoms with van der Waals surface area (Å²) in [7, 11) is 0. The summed E-state index contributed by atoms with van der Waals surface area (Å²) >= 11 is 1.59. The number of aliphatic hydroxyl groups excluding tert-OH is 1. The molecule has 1 amide bonds.